The van der Waals surface area contributed by atoms with Crippen LogP contribution in [-0.2, 0) is 4.74 Å². The summed E-state index contributed by atoms with van der Waals surface area (Å²) in [6, 6.07) is 3.07. The topological polar surface area (TPSA) is 26.3 Å². The van der Waals surface area contributed by atoms with E-state index in [1.165, 1.54) is 6.07 Å². The molecule has 0 spiro atoms. The number of Topliss-reactive ketones (excluding diaryl/α,β-unsaturated/α-hetero) is 1. The number of ketones is 1. The van der Waals surface area contributed by atoms with Crippen LogP contribution >= 0.6 is 0 Å². The summed E-state index contributed by atoms with van der Waals surface area (Å²) < 4.78 is 31.0. The Kier molecular flexibility index (Phi) is 5.16. The summed E-state index contributed by atoms with van der Waals surface area (Å²) in [4.78, 5) is 11.8. The van der Waals surface area contributed by atoms with E-state index >= 15 is 0 Å². The molecule has 4 heteroatoms. The largest absolute Gasteiger partial charge is 0.370 e. The Morgan fingerprint density at radius 2 is 2.06 bits per heavy atom. The Morgan fingerprint density at radius 1 is 1.39 bits per heavy atom. The molecule has 0 saturated carbocycles. The fourth-order valence-electron chi connectivity index (χ4n) is 1.37. The van der Waals surface area contributed by atoms with Crippen molar-refractivity contribution in [1.82, 2.24) is 0 Å². The number of carbonyl (C=O) groups is 1. The van der Waals surface area contributed by atoms with E-state index in [4.69, 9.17) is 4.74 Å². The number of hydrogen-bond acceptors (Lipinski definition) is 2. The van der Waals surface area contributed by atoms with Crippen molar-refractivity contribution in [2.24, 2.45) is 0 Å². The van der Waals surface area contributed by atoms with Gasteiger partial charge in [0.1, 0.15) is 6.10 Å². The molecule has 1 aromatic rings. The molecular formula is C14H16F2O2. The van der Waals surface area contributed by atoms with Gasteiger partial charge in [-0.1, -0.05) is 5.57 Å². The first-order valence-electron chi connectivity index (χ1n) is 5.67. The number of halogens is 2. The fraction of sp³-hybridized carbons (Fsp3) is 0.357. The van der Waals surface area contributed by atoms with Crippen molar-refractivity contribution in [1.29, 1.82) is 0 Å². The molecule has 0 aliphatic rings. The second-order valence-corrected chi connectivity index (χ2v) is 4.21. The molecule has 0 fully saturated rings. The van der Waals surface area contributed by atoms with Crippen molar-refractivity contribution in [3.63, 3.8) is 0 Å². The van der Waals surface area contributed by atoms with Crippen LogP contribution in [0.3, 0.4) is 0 Å². The lowest BCUT2D eigenvalue weighted by molar-refractivity contribution is 0.0486. The Labute approximate surface area is 105 Å². The van der Waals surface area contributed by atoms with Crippen molar-refractivity contribution in [2.75, 3.05) is 6.61 Å². The van der Waals surface area contributed by atoms with Gasteiger partial charge in [0.25, 0.3) is 0 Å². The molecule has 0 bridgehead atoms. The average Bonchev–Trinajstić information content (AvgIpc) is 2.31. The van der Waals surface area contributed by atoms with E-state index in [0.717, 1.165) is 17.7 Å². The third-order valence-corrected chi connectivity index (χ3v) is 2.47. The number of carbonyl (C=O) groups excluding carboxylic acids is 1. The molecule has 18 heavy (non-hydrogen) atoms. The van der Waals surface area contributed by atoms with E-state index in [2.05, 4.69) is 6.58 Å². The molecule has 1 atom stereocenters. The van der Waals surface area contributed by atoms with Gasteiger partial charge in [0.2, 0.25) is 0 Å². The first-order valence-corrected chi connectivity index (χ1v) is 5.67. The van der Waals surface area contributed by atoms with Gasteiger partial charge < -0.3 is 4.74 Å². The molecule has 0 N–H and O–H groups in total. The SMILES string of the molecule is C=C(C)CCOC(C)C(=O)c1ccc(F)c(F)c1. The molecule has 1 rings (SSSR count). The minimum atomic E-state index is -1.03. The Bertz CT molecular complexity index is 455. The second-order valence-electron chi connectivity index (χ2n) is 4.21. The Hall–Kier alpha value is -1.55. The van der Waals surface area contributed by atoms with Gasteiger partial charge in [-0.25, -0.2) is 8.78 Å². The minimum absolute atomic E-state index is 0.108. The summed E-state index contributed by atoms with van der Waals surface area (Å²) in [5.74, 6) is -2.37. The maximum absolute atomic E-state index is 13.0. The third-order valence-electron chi connectivity index (χ3n) is 2.47. The third kappa shape index (κ3) is 4.04. The van der Waals surface area contributed by atoms with Gasteiger partial charge in [0, 0.05) is 5.56 Å². The molecule has 98 valence electrons. The number of rotatable bonds is 6. The highest BCUT2D eigenvalue weighted by atomic mass is 19.2. The van der Waals surface area contributed by atoms with Gasteiger partial charge in [-0.3, -0.25) is 4.79 Å². The van der Waals surface area contributed by atoms with Crippen molar-refractivity contribution in [3.8, 4) is 0 Å². The standard InChI is InChI=1S/C14H16F2O2/c1-9(2)6-7-18-10(3)14(17)11-4-5-12(15)13(16)8-11/h4-5,8,10H,1,6-7H2,2-3H3. The van der Waals surface area contributed by atoms with Gasteiger partial charge in [-0.05, 0) is 38.5 Å². The smallest absolute Gasteiger partial charge is 0.191 e. The van der Waals surface area contributed by atoms with Crippen molar-refractivity contribution in [3.05, 3.63) is 47.5 Å². The monoisotopic (exact) mass is 254 g/mol. The van der Waals surface area contributed by atoms with Gasteiger partial charge >= 0.3 is 0 Å². The van der Waals surface area contributed by atoms with Crippen molar-refractivity contribution < 1.29 is 18.3 Å². The molecule has 0 aromatic heterocycles. The molecule has 0 saturated heterocycles. The number of benzene rings is 1. The lowest BCUT2D eigenvalue weighted by Crippen LogP contribution is -2.21. The lowest BCUT2D eigenvalue weighted by atomic mass is 10.1. The molecule has 2 nitrogen and oxygen atoms in total. The zero-order valence-corrected chi connectivity index (χ0v) is 10.5. The van der Waals surface area contributed by atoms with Crippen LogP contribution in [0.15, 0.2) is 30.4 Å². The van der Waals surface area contributed by atoms with Crippen LogP contribution in [-0.4, -0.2) is 18.5 Å². The highest BCUT2D eigenvalue weighted by molar-refractivity contribution is 5.99. The molecule has 0 aliphatic carbocycles. The van der Waals surface area contributed by atoms with Crippen LogP contribution in [0.5, 0.6) is 0 Å². The molecule has 0 radical (unpaired) electrons. The van der Waals surface area contributed by atoms with E-state index in [1.807, 2.05) is 6.92 Å². The normalized spacial score (nSPS) is 12.2. The highest BCUT2D eigenvalue weighted by Crippen LogP contribution is 2.12. The van der Waals surface area contributed by atoms with Crippen LogP contribution in [0.1, 0.15) is 30.6 Å². The van der Waals surface area contributed by atoms with Crippen LogP contribution in [0.2, 0.25) is 0 Å². The highest BCUT2D eigenvalue weighted by Gasteiger charge is 2.17. The Balaban J connectivity index is 2.62. The summed E-state index contributed by atoms with van der Waals surface area (Å²) in [5, 5.41) is 0. The van der Waals surface area contributed by atoms with Crippen LogP contribution in [0, 0.1) is 11.6 Å². The molecule has 0 aliphatic heterocycles. The van der Waals surface area contributed by atoms with Crippen LogP contribution in [0.4, 0.5) is 8.78 Å². The molecule has 1 unspecified atom stereocenters. The summed E-state index contributed by atoms with van der Waals surface area (Å²) in [7, 11) is 0. The molecular weight excluding hydrogens is 238 g/mol. The van der Waals surface area contributed by atoms with E-state index in [1.54, 1.807) is 6.92 Å². The van der Waals surface area contributed by atoms with Crippen molar-refractivity contribution >= 4 is 5.78 Å². The average molecular weight is 254 g/mol. The molecule has 0 heterocycles. The fourth-order valence-corrected chi connectivity index (χ4v) is 1.37. The molecule has 1 aromatic carbocycles. The van der Waals surface area contributed by atoms with E-state index in [9.17, 15) is 13.6 Å². The zero-order chi connectivity index (χ0) is 13.7. The second kappa shape index (κ2) is 6.40. The van der Waals surface area contributed by atoms with Crippen LogP contribution in [0.25, 0.3) is 0 Å². The summed E-state index contributed by atoms with van der Waals surface area (Å²) in [6.45, 7) is 7.55. The van der Waals surface area contributed by atoms with E-state index < -0.39 is 17.7 Å². The van der Waals surface area contributed by atoms with Gasteiger partial charge in [-0.2, -0.15) is 0 Å². The minimum Gasteiger partial charge on any atom is -0.370 e. The van der Waals surface area contributed by atoms with E-state index in [0.29, 0.717) is 13.0 Å². The maximum Gasteiger partial charge on any atom is 0.191 e. The number of hydrogen-bond donors (Lipinski definition) is 0. The summed E-state index contributed by atoms with van der Waals surface area (Å²) in [5.41, 5.74) is 1.07. The van der Waals surface area contributed by atoms with Gasteiger partial charge in [-0.15, -0.1) is 6.58 Å². The predicted molar refractivity (Wildman–Crippen MR) is 65.5 cm³/mol. The van der Waals surface area contributed by atoms with E-state index in [-0.39, 0.29) is 11.3 Å². The zero-order valence-electron chi connectivity index (χ0n) is 10.5. The first-order chi connectivity index (χ1) is 8.41. The first kappa shape index (κ1) is 14.5. The van der Waals surface area contributed by atoms with Crippen LogP contribution < -0.4 is 0 Å². The van der Waals surface area contributed by atoms with Gasteiger partial charge in [0.05, 0.1) is 6.61 Å². The lowest BCUT2D eigenvalue weighted by Gasteiger charge is -2.12. The molecule has 0 amide bonds. The quantitative estimate of drug-likeness (QED) is 0.573. The summed E-state index contributed by atoms with van der Waals surface area (Å²) >= 11 is 0. The number of ether oxygens (including phenoxy) is 1. The predicted octanol–water partition coefficient (Wildman–Crippen LogP) is 3.52. The summed E-state index contributed by atoms with van der Waals surface area (Å²) in [6.07, 6.45) is -0.0238. The maximum atomic E-state index is 13.0. The Morgan fingerprint density at radius 3 is 2.61 bits per heavy atom. The van der Waals surface area contributed by atoms with Gasteiger partial charge in [0.15, 0.2) is 17.4 Å². The van der Waals surface area contributed by atoms with Crippen molar-refractivity contribution in [2.45, 2.75) is 26.4 Å².